The van der Waals surface area contributed by atoms with E-state index in [1.165, 1.54) is 0 Å². The number of anilines is 5. The maximum absolute atomic E-state index is 10.6. The quantitative estimate of drug-likeness (QED) is 0.316. The van der Waals surface area contributed by atoms with Gasteiger partial charge in [0, 0.05) is 23.3 Å². The van der Waals surface area contributed by atoms with Gasteiger partial charge in [0.05, 0.1) is 5.69 Å². The van der Waals surface area contributed by atoms with E-state index in [-0.39, 0.29) is 0 Å². The first-order chi connectivity index (χ1) is 16.1. The molecule has 2 aromatic carbocycles. The molecule has 10 nitrogen and oxygen atoms in total. The molecule has 4 rings (SSSR count). The Balaban J connectivity index is 0.000000406. The summed E-state index contributed by atoms with van der Waals surface area (Å²) in [6.07, 6.45) is -1.71. The van der Waals surface area contributed by atoms with E-state index in [2.05, 4.69) is 30.7 Å². The normalized spacial score (nSPS) is 10.7. The van der Waals surface area contributed by atoms with Crippen molar-refractivity contribution in [3.63, 3.8) is 0 Å². The fraction of sp³-hybridized carbons (Fsp3) is 0.0952. The van der Waals surface area contributed by atoms with Crippen LogP contribution in [0.1, 0.15) is 5.82 Å². The number of benzene rings is 2. The smallest absolute Gasteiger partial charge is 0.475 e. The number of aryl methyl sites for hydroxylation is 1. The Kier molecular flexibility index (Phi) is 7.26. The molecule has 0 atom stereocenters. The third kappa shape index (κ3) is 6.91. The van der Waals surface area contributed by atoms with Gasteiger partial charge in [-0.1, -0.05) is 6.07 Å². The van der Waals surface area contributed by atoms with Crippen molar-refractivity contribution in [3.05, 3.63) is 72.9 Å². The summed E-state index contributed by atoms with van der Waals surface area (Å²) in [4.78, 5) is 21.8. The lowest BCUT2D eigenvalue weighted by molar-refractivity contribution is -0.192. The van der Waals surface area contributed by atoms with Gasteiger partial charge in [-0.15, -0.1) is 0 Å². The van der Waals surface area contributed by atoms with Crippen molar-refractivity contribution in [1.82, 2.24) is 24.7 Å². The minimum Gasteiger partial charge on any atom is -0.475 e. The van der Waals surface area contributed by atoms with Crippen LogP contribution in [0.25, 0.3) is 5.69 Å². The second-order valence-corrected chi connectivity index (χ2v) is 6.73. The van der Waals surface area contributed by atoms with Crippen molar-refractivity contribution in [1.29, 1.82) is 0 Å². The first-order valence-corrected chi connectivity index (χ1v) is 9.61. The summed E-state index contributed by atoms with van der Waals surface area (Å²) < 4.78 is 33.5. The lowest BCUT2D eigenvalue weighted by Gasteiger charge is -2.09. The van der Waals surface area contributed by atoms with Crippen LogP contribution in [0.15, 0.2) is 67.1 Å². The monoisotopic (exact) mass is 472 g/mol. The molecule has 0 saturated heterocycles. The van der Waals surface area contributed by atoms with E-state index in [9.17, 15) is 13.2 Å². The van der Waals surface area contributed by atoms with Gasteiger partial charge in [-0.2, -0.15) is 23.3 Å². The van der Waals surface area contributed by atoms with Crippen LogP contribution < -0.4 is 16.4 Å². The number of hydrogen-bond donors (Lipinski definition) is 4. The fourth-order valence-electron chi connectivity index (χ4n) is 2.55. The van der Waals surface area contributed by atoms with E-state index in [0.717, 1.165) is 22.9 Å². The Morgan fingerprint density at radius 3 is 2.32 bits per heavy atom. The van der Waals surface area contributed by atoms with E-state index in [0.29, 0.717) is 17.5 Å². The number of nitrogens with two attached hydrogens (primary N) is 1. The standard InChI is InChI=1S/C19H18N8.C2HF3O2/c1-13-22-12-27(26-13)17-7-5-15(6-8-17)24-19-21-10-9-18(25-19)23-16-4-2-3-14(20)11-16;3-2(4,5)1(6)7/h2-12H,20H2,1H3,(H2,21,23,24,25);(H,6,7). The maximum Gasteiger partial charge on any atom is 0.490 e. The predicted molar refractivity (Wildman–Crippen MR) is 119 cm³/mol. The highest BCUT2D eigenvalue weighted by atomic mass is 19.4. The number of carbonyl (C=O) groups is 1. The van der Waals surface area contributed by atoms with Crippen LogP contribution in [0.2, 0.25) is 0 Å². The molecule has 0 aliphatic heterocycles. The average Bonchev–Trinajstić information content (AvgIpc) is 3.21. The van der Waals surface area contributed by atoms with Gasteiger partial charge < -0.3 is 21.5 Å². The topological polar surface area (TPSA) is 144 Å². The number of aromatic nitrogens is 5. The molecule has 0 radical (unpaired) electrons. The first-order valence-electron chi connectivity index (χ1n) is 9.61. The maximum atomic E-state index is 10.6. The van der Waals surface area contributed by atoms with Gasteiger partial charge in [0.25, 0.3) is 0 Å². The molecule has 0 aliphatic rings. The summed E-state index contributed by atoms with van der Waals surface area (Å²) in [5.74, 6) is -0.858. The molecular formula is C21H19F3N8O2. The van der Waals surface area contributed by atoms with Gasteiger partial charge in [-0.25, -0.2) is 19.4 Å². The minimum atomic E-state index is -5.08. The molecule has 0 spiro atoms. The van der Waals surface area contributed by atoms with Crippen LogP contribution >= 0.6 is 0 Å². The van der Waals surface area contributed by atoms with Gasteiger partial charge in [0.15, 0.2) is 0 Å². The number of carboxylic acid groups (broad SMARTS) is 1. The van der Waals surface area contributed by atoms with Crippen LogP contribution in [0.5, 0.6) is 0 Å². The number of nitrogen functional groups attached to an aromatic ring is 1. The van der Waals surface area contributed by atoms with Gasteiger partial charge >= 0.3 is 12.1 Å². The zero-order chi connectivity index (χ0) is 24.7. The molecule has 0 amide bonds. The molecule has 0 bridgehead atoms. The van der Waals surface area contributed by atoms with E-state index in [1.807, 2.05) is 55.5 Å². The summed E-state index contributed by atoms with van der Waals surface area (Å²) >= 11 is 0. The van der Waals surface area contributed by atoms with Crippen molar-refractivity contribution < 1.29 is 23.1 Å². The van der Waals surface area contributed by atoms with Crippen molar-refractivity contribution in [2.75, 3.05) is 16.4 Å². The summed E-state index contributed by atoms with van der Waals surface area (Å²) in [5, 5.41) is 17.8. The summed E-state index contributed by atoms with van der Waals surface area (Å²) in [6.45, 7) is 1.86. The van der Waals surface area contributed by atoms with Crippen LogP contribution in [0.4, 0.5) is 42.0 Å². The molecule has 0 unspecified atom stereocenters. The highest BCUT2D eigenvalue weighted by molar-refractivity contribution is 5.73. The number of carboxylic acids is 1. The third-order valence-electron chi connectivity index (χ3n) is 4.05. The fourth-order valence-corrected chi connectivity index (χ4v) is 2.55. The van der Waals surface area contributed by atoms with E-state index in [1.54, 1.807) is 23.3 Å². The molecule has 0 aliphatic carbocycles. The third-order valence-corrected chi connectivity index (χ3v) is 4.05. The SMILES string of the molecule is Cc1ncn(-c2ccc(Nc3nccc(Nc4cccc(N)c4)n3)cc2)n1.O=C(O)C(F)(F)F. The molecule has 2 heterocycles. The molecule has 13 heteroatoms. The Hall–Kier alpha value is -4.68. The number of hydrogen-bond acceptors (Lipinski definition) is 8. The van der Waals surface area contributed by atoms with Crippen LogP contribution in [-0.4, -0.2) is 42.0 Å². The number of nitrogens with zero attached hydrogens (tertiary/aromatic N) is 5. The zero-order valence-corrected chi connectivity index (χ0v) is 17.7. The molecule has 0 saturated carbocycles. The number of rotatable bonds is 5. The summed E-state index contributed by atoms with van der Waals surface area (Å²) in [6, 6.07) is 17.1. The number of nitrogens with one attached hydrogen (secondary N) is 2. The lowest BCUT2D eigenvalue weighted by Crippen LogP contribution is -2.21. The molecule has 4 aromatic rings. The van der Waals surface area contributed by atoms with Crippen LogP contribution in [0, 0.1) is 6.92 Å². The van der Waals surface area contributed by atoms with Crippen molar-refractivity contribution in [2.45, 2.75) is 13.1 Å². The zero-order valence-electron chi connectivity index (χ0n) is 17.7. The summed E-state index contributed by atoms with van der Waals surface area (Å²) in [5.41, 5.74) is 9.16. The Labute approximate surface area is 191 Å². The molecule has 176 valence electrons. The van der Waals surface area contributed by atoms with Crippen LogP contribution in [-0.2, 0) is 4.79 Å². The highest BCUT2D eigenvalue weighted by Crippen LogP contribution is 2.20. The average molecular weight is 472 g/mol. The van der Waals surface area contributed by atoms with Crippen molar-refractivity contribution in [2.24, 2.45) is 0 Å². The van der Waals surface area contributed by atoms with Crippen LogP contribution in [0.3, 0.4) is 0 Å². The van der Waals surface area contributed by atoms with Gasteiger partial charge in [0.1, 0.15) is 18.0 Å². The van der Waals surface area contributed by atoms with Gasteiger partial charge in [-0.3, -0.25) is 0 Å². The van der Waals surface area contributed by atoms with Gasteiger partial charge in [-0.05, 0) is 55.5 Å². The largest absolute Gasteiger partial charge is 0.490 e. The van der Waals surface area contributed by atoms with E-state index < -0.39 is 12.1 Å². The van der Waals surface area contributed by atoms with Crippen molar-refractivity contribution in [3.8, 4) is 5.69 Å². The molecule has 2 aromatic heterocycles. The number of alkyl halides is 3. The Bertz CT molecular complexity index is 1260. The molecule has 0 fully saturated rings. The van der Waals surface area contributed by atoms with E-state index >= 15 is 0 Å². The number of halogens is 3. The second-order valence-electron chi connectivity index (χ2n) is 6.73. The predicted octanol–water partition coefficient (Wildman–Crippen LogP) is 4.07. The first kappa shape index (κ1) is 24.0. The molecule has 34 heavy (non-hydrogen) atoms. The Morgan fingerprint density at radius 2 is 1.74 bits per heavy atom. The number of aliphatic carboxylic acids is 1. The highest BCUT2D eigenvalue weighted by Gasteiger charge is 2.38. The Morgan fingerprint density at radius 1 is 1.03 bits per heavy atom. The summed E-state index contributed by atoms with van der Waals surface area (Å²) in [7, 11) is 0. The second kappa shape index (κ2) is 10.3. The lowest BCUT2D eigenvalue weighted by atomic mass is 10.3. The molecule has 5 N–H and O–H groups in total. The van der Waals surface area contributed by atoms with E-state index in [4.69, 9.17) is 15.6 Å². The van der Waals surface area contributed by atoms with Crippen molar-refractivity contribution >= 4 is 34.8 Å². The minimum absolute atomic E-state index is 0.494. The van der Waals surface area contributed by atoms with Gasteiger partial charge in [0.2, 0.25) is 5.95 Å². The molecular weight excluding hydrogens is 453 g/mol.